The maximum Gasteiger partial charge on any atom is 0.337 e. The monoisotopic (exact) mass is 298 g/mol. The quantitative estimate of drug-likeness (QED) is 0.852. The Morgan fingerprint density at radius 2 is 2.22 bits per heavy atom. The Hall–Kier alpha value is -1.05. The first-order chi connectivity index (χ1) is 8.72. The van der Waals surface area contributed by atoms with E-state index in [2.05, 4.69) is 9.36 Å². The van der Waals surface area contributed by atoms with Crippen molar-refractivity contribution in [3.63, 3.8) is 0 Å². The Bertz CT molecular complexity index is 543. The standard InChI is InChI=1S/C11H10N2O2S3/c1-2-16-7-4-3-5-8(9(7)10(14)15)17-11-12-6-13-18-11/h3-6H,2H2,1H3,(H,14,15). The van der Waals surface area contributed by atoms with Gasteiger partial charge in [-0.1, -0.05) is 24.8 Å². The van der Waals surface area contributed by atoms with Gasteiger partial charge in [0, 0.05) is 9.79 Å². The van der Waals surface area contributed by atoms with Crippen LogP contribution in [0.4, 0.5) is 0 Å². The van der Waals surface area contributed by atoms with E-state index in [1.807, 2.05) is 19.1 Å². The normalized spacial score (nSPS) is 10.5. The molecule has 0 unspecified atom stereocenters. The minimum absolute atomic E-state index is 0.351. The zero-order valence-corrected chi connectivity index (χ0v) is 11.9. The highest BCUT2D eigenvalue weighted by atomic mass is 32.2. The van der Waals surface area contributed by atoms with Crippen molar-refractivity contribution < 1.29 is 9.90 Å². The summed E-state index contributed by atoms with van der Waals surface area (Å²) in [4.78, 5) is 16.9. The predicted molar refractivity (Wildman–Crippen MR) is 73.8 cm³/mol. The minimum Gasteiger partial charge on any atom is -0.478 e. The number of carbonyl (C=O) groups is 1. The highest BCUT2D eigenvalue weighted by Gasteiger charge is 2.17. The first-order valence-electron chi connectivity index (χ1n) is 5.16. The largest absolute Gasteiger partial charge is 0.478 e. The summed E-state index contributed by atoms with van der Waals surface area (Å²) < 4.78 is 4.66. The molecule has 2 rings (SSSR count). The van der Waals surface area contributed by atoms with E-state index < -0.39 is 5.97 Å². The number of rotatable bonds is 5. The van der Waals surface area contributed by atoms with Crippen LogP contribution in [-0.2, 0) is 0 Å². The molecule has 0 saturated heterocycles. The lowest BCUT2D eigenvalue weighted by atomic mass is 10.2. The number of hydrogen-bond acceptors (Lipinski definition) is 6. The highest BCUT2D eigenvalue weighted by molar-refractivity contribution is 8.01. The Balaban J connectivity index is 2.39. The van der Waals surface area contributed by atoms with E-state index in [1.54, 1.807) is 6.07 Å². The van der Waals surface area contributed by atoms with E-state index in [9.17, 15) is 9.90 Å². The molecule has 1 heterocycles. The van der Waals surface area contributed by atoms with Crippen molar-refractivity contribution in [3.05, 3.63) is 30.1 Å². The zero-order chi connectivity index (χ0) is 13.0. The van der Waals surface area contributed by atoms with Crippen LogP contribution in [0.25, 0.3) is 0 Å². The number of carboxylic acids is 1. The molecule has 94 valence electrons. The van der Waals surface area contributed by atoms with Gasteiger partial charge in [-0.05, 0) is 29.4 Å². The molecule has 4 nitrogen and oxygen atoms in total. The van der Waals surface area contributed by atoms with Crippen LogP contribution in [-0.4, -0.2) is 26.2 Å². The predicted octanol–water partition coefficient (Wildman–Crippen LogP) is 3.50. The zero-order valence-electron chi connectivity index (χ0n) is 9.49. The number of hydrogen-bond donors (Lipinski definition) is 1. The van der Waals surface area contributed by atoms with Gasteiger partial charge in [0.05, 0.1) is 5.56 Å². The van der Waals surface area contributed by atoms with Gasteiger partial charge >= 0.3 is 5.97 Å². The van der Waals surface area contributed by atoms with Crippen LogP contribution in [0.3, 0.4) is 0 Å². The fraction of sp³-hybridized carbons (Fsp3) is 0.182. The van der Waals surface area contributed by atoms with Gasteiger partial charge in [0.2, 0.25) is 0 Å². The molecular weight excluding hydrogens is 288 g/mol. The summed E-state index contributed by atoms with van der Waals surface area (Å²) >= 11 is 4.13. The number of carboxylic acid groups (broad SMARTS) is 1. The second-order valence-corrected chi connectivity index (χ2v) is 6.55. The molecule has 0 aliphatic heterocycles. The van der Waals surface area contributed by atoms with Crippen LogP contribution in [0.15, 0.2) is 38.7 Å². The molecule has 7 heteroatoms. The van der Waals surface area contributed by atoms with Gasteiger partial charge in [0.1, 0.15) is 6.33 Å². The third-order valence-electron chi connectivity index (χ3n) is 2.04. The van der Waals surface area contributed by atoms with Crippen LogP contribution in [0.5, 0.6) is 0 Å². The molecule has 1 N–H and O–H groups in total. The molecular formula is C11H10N2O2S3. The first-order valence-corrected chi connectivity index (χ1v) is 7.73. The van der Waals surface area contributed by atoms with E-state index in [1.165, 1.54) is 41.4 Å². The lowest BCUT2D eigenvalue weighted by molar-refractivity contribution is 0.0689. The van der Waals surface area contributed by atoms with E-state index in [4.69, 9.17) is 0 Å². The maximum absolute atomic E-state index is 11.4. The molecule has 1 aromatic carbocycles. The van der Waals surface area contributed by atoms with Crippen LogP contribution in [0, 0.1) is 0 Å². The molecule has 2 aromatic rings. The van der Waals surface area contributed by atoms with Crippen molar-refractivity contribution >= 4 is 41.0 Å². The minimum atomic E-state index is -0.904. The van der Waals surface area contributed by atoms with E-state index in [0.717, 1.165) is 15.0 Å². The third-order valence-corrected chi connectivity index (χ3v) is 4.75. The van der Waals surface area contributed by atoms with Crippen LogP contribution >= 0.6 is 35.1 Å². The van der Waals surface area contributed by atoms with Crippen molar-refractivity contribution in [2.45, 2.75) is 21.1 Å². The topological polar surface area (TPSA) is 63.1 Å². The van der Waals surface area contributed by atoms with Gasteiger partial charge in [-0.2, -0.15) is 4.37 Å². The molecule has 18 heavy (non-hydrogen) atoms. The van der Waals surface area contributed by atoms with Crippen LogP contribution in [0.1, 0.15) is 17.3 Å². The molecule has 0 amide bonds. The smallest absolute Gasteiger partial charge is 0.337 e. The number of benzene rings is 1. The lowest BCUT2D eigenvalue weighted by Crippen LogP contribution is -2.01. The molecule has 0 atom stereocenters. The molecule has 0 aliphatic rings. The average Bonchev–Trinajstić information content (AvgIpc) is 2.82. The van der Waals surface area contributed by atoms with Crippen molar-refractivity contribution in [2.75, 3.05) is 5.75 Å². The molecule has 0 saturated carbocycles. The number of thioether (sulfide) groups is 1. The fourth-order valence-electron chi connectivity index (χ4n) is 1.38. The first kappa shape index (κ1) is 13.4. The van der Waals surface area contributed by atoms with Crippen LogP contribution < -0.4 is 0 Å². The lowest BCUT2D eigenvalue weighted by Gasteiger charge is -2.08. The number of nitrogens with zero attached hydrogens (tertiary/aromatic N) is 2. The van der Waals surface area contributed by atoms with E-state index >= 15 is 0 Å². The third kappa shape index (κ3) is 3.04. The second kappa shape index (κ2) is 6.21. The highest BCUT2D eigenvalue weighted by Crippen LogP contribution is 2.35. The van der Waals surface area contributed by atoms with Crippen molar-refractivity contribution in [1.82, 2.24) is 9.36 Å². The Labute approximate surface area is 117 Å². The summed E-state index contributed by atoms with van der Waals surface area (Å²) in [7, 11) is 0. The van der Waals surface area contributed by atoms with Gasteiger partial charge in [0.25, 0.3) is 0 Å². The van der Waals surface area contributed by atoms with Crippen molar-refractivity contribution in [3.8, 4) is 0 Å². The second-order valence-electron chi connectivity index (χ2n) is 3.18. The van der Waals surface area contributed by atoms with Gasteiger partial charge in [0.15, 0.2) is 4.34 Å². The molecule has 0 fully saturated rings. The Kier molecular flexibility index (Phi) is 4.62. The van der Waals surface area contributed by atoms with Gasteiger partial charge in [-0.3, -0.25) is 0 Å². The van der Waals surface area contributed by atoms with Gasteiger partial charge in [-0.25, -0.2) is 9.78 Å². The Morgan fingerprint density at radius 1 is 1.44 bits per heavy atom. The molecule has 0 spiro atoms. The number of aromatic carboxylic acids is 1. The summed E-state index contributed by atoms with van der Waals surface area (Å²) in [6, 6.07) is 5.50. The summed E-state index contributed by atoms with van der Waals surface area (Å²) in [5.41, 5.74) is 0.351. The fourth-order valence-corrected chi connectivity index (χ4v) is 3.84. The molecule has 0 aliphatic carbocycles. The van der Waals surface area contributed by atoms with Gasteiger partial charge in [-0.15, -0.1) is 11.8 Å². The summed E-state index contributed by atoms with van der Waals surface area (Å²) in [6.45, 7) is 2.00. The van der Waals surface area contributed by atoms with E-state index in [-0.39, 0.29) is 0 Å². The SMILES string of the molecule is CCSc1cccc(Sc2ncns2)c1C(=O)O. The molecule has 0 radical (unpaired) electrons. The molecule has 1 aromatic heterocycles. The summed E-state index contributed by atoms with van der Waals surface area (Å²) in [5.74, 6) is -0.0636. The number of aromatic nitrogens is 2. The summed E-state index contributed by atoms with van der Waals surface area (Å²) in [5, 5.41) is 9.34. The molecule has 0 bridgehead atoms. The maximum atomic E-state index is 11.4. The Morgan fingerprint density at radius 3 is 2.83 bits per heavy atom. The van der Waals surface area contributed by atoms with E-state index in [0.29, 0.717) is 10.5 Å². The average molecular weight is 298 g/mol. The van der Waals surface area contributed by atoms with Crippen molar-refractivity contribution in [1.29, 1.82) is 0 Å². The van der Waals surface area contributed by atoms with Gasteiger partial charge < -0.3 is 5.11 Å². The summed E-state index contributed by atoms with van der Waals surface area (Å²) in [6.07, 6.45) is 1.47. The van der Waals surface area contributed by atoms with Crippen LogP contribution in [0.2, 0.25) is 0 Å². The van der Waals surface area contributed by atoms with Crippen molar-refractivity contribution in [2.24, 2.45) is 0 Å².